The molecule has 8 nitrogen and oxygen atoms in total. The fourth-order valence-corrected chi connectivity index (χ4v) is 5.26. The van der Waals surface area contributed by atoms with Gasteiger partial charge in [-0.25, -0.2) is 4.99 Å². The average molecular weight is 530 g/mol. The number of alkyl halides is 2. The number of halogens is 2. The van der Waals surface area contributed by atoms with Crippen molar-refractivity contribution in [2.45, 2.75) is 25.7 Å². The van der Waals surface area contributed by atoms with Gasteiger partial charge in [-0.3, -0.25) is 9.59 Å². The molecule has 1 atom stereocenters. The molecule has 1 saturated heterocycles. The van der Waals surface area contributed by atoms with Gasteiger partial charge in [-0.2, -0.15) is 8.78 Å². The number of rotatable bonds is 6. The Morgan fingerprint density at radius 3 is 2.30 bits per heavy atom. The number of likely N-dealkylation sites (N-methyl/N-ethyl adjacent to an activating group) is 1. The quantitative estimate of drug-likeness (QED) is 0.592. The van der Waals surface area contributed by atoms with Crippen molar-refractivity contribution in [2.75, 3.05) is 38.5 Å². The summed E-state index contributed by atoms with van der Waals surface area (Å²) in [5, 5.41) is 2.26. The molecule has 0 radical (unpaired) electrons. The molecule has 1 fully saturated rings. The number of nitrogens with one attached hydrogen (secondary N) is 1. The van der Waals surface area contributed by atoms with Gasteiger partial charge < -0.3 is 25.6 Å². The van der Waals surface area contributed by atoms with E-state index in [4.69, 9.17) is 10.7 Å². The number of aryl methyl sites for hydroxylation is 2. The number of nitrogens with two attached hydrogens (primary N) is 1. The lowest BCUT2D eigenvalue weighted by Gasteiger charge is -2.32. The topological polar surface area (TPSA) is 100 Å². The largest absolute Gasteiger partial charge is 0.435 e. The predicted molar refractivity (Wildman–Crippen MR) is 141 cm³/mol. The van der Waals surface area contributed by atoms with E-state index >= 15 is 0 Å². The number of amides is 2. The third-order valence-corrected chi connectivity index (χ3v) is 7.48. The van der Waals surface area contributed by atoms with Crippen LogP contribution in [0.1, 0.15) is 11.1 Å². The third kappa shape index (κ3) is 6.11. The van der Waals surface area contributed by atoms with Gasteiger partial charge in [0, 0.05) is 37.6 Å². The number of hydrogen-bond acceptors (Lipinski definition) is 7. The van der Waals surface area contributed by atoms with E-state index in [9.17, 15) is 18.4 Å². The molecule has 2 aromatic carbocycles. The molecular weight excluding hydrogens is 500 g/mol. The number of carbonyl (C=O) groups is 2. The fourth-order valence-electron chi connectivity index (χ4n) is 4.16. The van der Waals surface area contributed by atoms with Crippen LogP contribution in [0.3, 0.4) is 0 Å². The highest BCUT2D eigenvalue weighted by molar-refractivity contribution is 8.16. The molecule has 2 aromatic rings. The van der Waals surface area contributed by atoms with Crippen molar-refractivity contribution in [3.05, 3.63) is 64.9 Å². The van der Waals surface area contributed by atoms with Gasteiger partial charge in [-0.05, 0) is 56.3 Å². The maximum Gasteiger partial charge on any atom is 0.387 e. The van der Waals surface area contributed by atoms with Crippen LogP contribution in [0.25, 0.3) is 0 Å². The second-order valence-corrected chi connectivity index (χ2v) is 10.1. The van der Waals surface area contributed by atoms with Crippen LogP contribution >= 0.6 is 11.8 Å². The number of aliphatic imine (C=N–C) groups is 1. The molecule has 2 aliphatic heterocycles. The van der Waals surface area contributed by atoms with Crippen molar-refractivity contribution in [3.63, 3.8) is 0 Å². The molecule has 0 spiro atoms. The first-order valence-corrected chi connectivity index (χ1v) is 12.7. The van der Waals surface area contributed by atoms with Gasteiger partial charge in [0.15, 0.2) is 0 Å². The Morgan fingerprint density at radius 2 is 1.70 bits per heavy atom. The Bertz CT molecular complexity index is 1220. The SMILES string of the molecule is Cc1cccc(C)c1N=C1SC(C(=O)Nc2ccc(OC(F)F)cc2)C(N)=C1C(=O)N1CCN(C)CC1. The zero-order valence-electron chi connectivity index (χ0n) is 20.8. The highest BCUT2D eigenvalue weighted by atomic mass is 32.2. The summed E-state index contributed by atoms with van der Waals surface area (Å²) in [4.78, 5) is 35.5. The Labute approximate surface area is 218 Å². The minimum Gasteiger partial charge on any atom is -0.435 e. The molecule has 0 aliphatic carbocycles. The molecule has 11 heteroatoms. The molecule has 37 heavy (non-hydrogen) atoms. The van der Waals surface area contributed by atoms with Gasteiger partial charge in [-0.1, -0.05) is 30.0 Å². The van der Waals surface area contributed by atoms with E-state index in [0.29, 0.717) is 23.8 Å². The summed E-state index contributed by atoms with van der Waals surface area (Å²) in [6.07, 6.45) is 0. The predicted octanol–water partition coefficient (Wildman–Crippen LogP) is 3.68. The number of anilines is 1. The number of carbonyl (C=O) groups excluding carboxylic acids is 2. The van der Waals surface area contributed by atoms with E-state index < -0.39 is 17.8 Å². The number of benzene rings is 2. The molecule has 2 amide bonds. The molecule has 2 heterocycles. The zero-order valence-corrected chi connectivity index (χ0v) is 21.6. The second-order valence-electron chi connectivity index (χ2n) is 8.97. The summed E-state index contributed by atoms with van der Waals surface area (Å²) >= 11 is 1.13. The number of para-hydroxylation sites is 1. The van der Waals surface area contributed by atoms with E-state index in [1.54, 1.807) is 4.90 Å². The highest BCUT2D eigenvalue weighted by Crippen LogP contribution is 2.37. The minimum absolute atomic E-state index is 0.0225. The lowest BCUT2D eigenvalue weighted by Crippen LogP contribution is -2.48. The van der Waals surface area contributed by atoms with Crippen LogP contribution in [-0.2, 0) is 9.59 Å². The maximum atomic E-state index is 13.6. The summed E-state index contributed by atoms with van der Waals surface area (Å²) in [6.45, 7) is 3.52. The summed E-state index contributed by atoms with van der Waals surface area (Å²) in [5.41, 5.74) is 9.86. The standard InChI is InChI=1S/C26H29F2N5O3S/c1-15-5-4-6-16(2)21(15)31-24-19(25(35)33-13-11-32(3)12-14-33)20(29)22(37-24)23(34)30-17-7-9-18(10-8-17)36-26(27)28/h4-10,22,26H,11-14,29H2,1-3H3,(H,30,34). The highest BCUT2D eigenvalue weighted by Gasteiger charge is 2.40. The van der Waals surface area contributed by atoms with Crippen molar-refractivity contribution in [1.82, 2.24) is 9.80 Å². The summed E-state index contributed by atoms with van der Waals surface area (Å²) < 4.78 is 29.2. The molecule has 196 valence electrons. The van der Waals surface area contributed by atoms with Crippen LogP contribution in [0, 0.1) is 13.8 Å². The van der Waals surface area contributed by atoms with E-state index in [2.05, 4.69) is 15.0 Å². The molecule has 0 saturated carbocycles. The van der Waals surface area contributed by atoms with Gasteiger partial charge in [0.25, 0.3) is 5.91 Å². The summed E-state index contributed by atoms with van der Waals surface area (Å²) in [6, 6.07) is 11.4. The summed E-state index contributed by atoms with van der Waals surface area (Å²) in [7, 11) is 2.00. The molecular formula is C26H29F2N5O3S. The Kier molecular flexibility index (Phi) is 8.13. The smallest absolute Gasteiger partial charge is 0.387 e. The van der Waals surface area contributed by atoms with Crippen LogP contribution in [0.15, 0.2) is 58.7 Å². The van der Waals surface area contributed by atoms with Crippen molar-refractivity contribution >= 4 is 40.0 Å². The Hall–Kier alpha value is -3.44. The van der Waals surface area contributed by atoms with Crippen LogP contribution in [-0.4, -0.2) is 71.7 Å². The van der Waals surface area contributed by atoms with Crippen LogP contribution in [0.2, 0.25) is 0 Å². The molecule has 2 aliphatic rings. The first kappa shape index (κ1) is 26.6. The van der Waals surface area contributed by atoms with Crippen LogP contribution < -0.4 is 15.8 Å². The molecule has 0 bridgehead atoms. The van der Waals surface area contributed by atoms with E-state index in [0.717, 1.165) is 41.7 Å². The first-order valence-electron chi connectivity index (χ1n) is 11.8. The van der Waals surface area contributed by atoms with Gasteiger partial charge >= 0.3 is 6.61 Å². The van der Waals surface area contributed by atoms with E-state index in [1.807, 2.05) is 39.1 Å². The second kappa shape index (κ2) is 11.3. The third-order valence-electron chi connectivity index (χ3n) is 6.26. The maximum absolute atomic E-state index is 13.6. The van der Waals surface area contributed by atoms with Gasteiger partial charge in [0.1, 0.15) is 16.0 Å². The van der Waals surface area contributed by atoms with Crippen molar-refractivity contribution in [1.29, 1.82) is 0 Å². The van der Waals surface area contributed by atoms with Crippen molar-refractivity contribution in [3.8, 4) is 5.75 Å². The van der Waals surface area contributed by atoms with E-state index in [1.165, 1.54) is 24.3 Å². The number of thioether (sulfide) groups is 1. The molecule has 1 unspecified atom stereocenters. The lowest BCUT2D eigenvalue weighted by molar-refractivity contribution is -0.128. The monoisotopic (exact) mass is 529 g/mol. The number of piperazine rings is 1. The van der Waals surface area contributed by atoms with Crippen LogP contribution in [0.4, 0.5) is 20.2 Å². The fraction of sp³-hybridized carbons (Fsp3) is 0.346. The molecule has 0 aromatic heterocycles. The summed E-state index contributed by atoms with van der Waals surface area (Å²) in [5.74, 6) is -0.710. The average Bonchev–Trinajstić information content (AvgIpc) is 3.18. The number of hydrogen-bond donors (Lipinski definition) is 2. The zero-order chi connectivity index (χ0) is 26.7. The van der Waals surface area contributed by atoms with Gasteiger partial charge in [-0.15, -0.1) is 0 Å². The van der Waals surface area contributed by atoms with E-state index in [-0.39, 0.29) is 22.9 Å². The van der Waals surface area contributed by atoms with Crippen LogP contribution in [0.5, 0.6) is 5.75 Å². The van der Waals surface area contributed by atoms with Crippen molar-refractivity contribution in [2.24, 2.45) is 10.7 Å². The Balaban J connectivity index is 1.63. The van der Waals surface area contributed by atoms with Crippen molar-refractivity contribution < 1.29 is 23.1 Å². The molecule has 4 rings (SSSR count). The van der Waals surface area contributed by atoms with Gasteiger partial charge in [0.2, 0.25) is 5.91 Å². The normalized spacial score (nSPS) is 19.6. The lowest BCUT2D eigenvalue weighted by atomic mass is 10.1. The molecule has 3 N–H and O–H groups in total. The van der Waals surface area contributed by atoms with Gasteiger partial charge in [0.05, 0.1) is 11.3 Å². The Morgan fingerprint density at radius 1 is 1.08 bits per heavy atom. The minimum atomic E-state index is -2.94. The number of nitrogens with zero attached hydrogens (tertiary/aromatic N) is 3. The number of ether oxygens (including phenoxy) is 1. The first-order chi connectivity index (χ1) is 17.6.